The SMILES string of the molecule is O=C(c1ccc(Cl)cc1)C(O)(O)C(F)(F)F. The Morgan fingerprint density at radius 1 is 1.12 bits per heavy atom. The van der Waals surface area contributed by atoms with Crippen LogP contribution in [0.2, 0.25) is 5.02 Å². The van der Waals surface area contributed by atoms with Crippen molar-refractivity contribution in [2.75, 3.05) is 0 Å². The first-order chi connectivity index (χ1) is 7.16. The van der Waals surface area contributed by atoms with Crippen molar-refractivity contribution in [2.24, 2.45) is 0 Å². The standard InChI is InChI=1S/C9H6ClF3O3/c10-6-3-1-5(2-4-6)7(14)8(15,16)9(11,12)13/h1-4,15-16H. The molecule has 0 aliphatic rings. The van der Waals surface area contributed by atoms with Crippen molar-refractivity contribution in [3.63, 3.8) is 0 Å². The minimum atomic E-state index is -5.45. The summed E-state index contributed by atoms with van der Waals surface area (Å²) >= 11 is 5.46. The third-order valence-electron chi connectivity index (χ3n) is 1.82. The van der Waals surface area contributed by atoms with Gasteiger partial charge in [-0.1, -0.05) is 11.6 Å². The molecule has 2 N–H and O–H groups in total. The normalized spacial score (nSPS) is 12.6. The van der Waals surface area contributed by atoms with Crippen LogP contribution in [0.15, 0.2) is 24.3 Å². The lowest BCUT2D eigenvalue weighted by Gasteiger charge is -2.22. The maximum Gasteiger partial charge on any atom is 0.451 e. The maximum absolute atomic E-state index is 12.1. The zero-order valence-corrected chi connectivity index (χ0v) is 8.38. The van der Waals surface area contributed by atoms with E-state index in [2.05, 4.69) is 0 Å². The van der Waals surface area contributed by atoms with Gasteiger partial charge in [0.2, 0.25) is 5.78 Å². The quantitative estimate of drug-likeness (QED) is 0.625. The molecule has 3 nitrogen and oxygen atoms in total. The summed E-state index contributed by atoms with van der Waals surface area (Å²) in [7, 11) is 0. The third-order valence-corrected chi connectivity index (χ3v) is 2.07. The highest BCUT2D eigenvalue weighted by Gasteiger charge is 2.58. The molecule has 0 bridgehead atoms. The molecule has 7 heteroatoms. The van der Waals surface area contributed by atoms with E-state index in [0.717, 1.165) is 12.1 Å². The van der Waals surface area contributed by atoms with E-state index in [1.165, 1.54) is 12.1 Å². The van der Waals surface area contributed by atoms with Crippen LogP contribution in [0.1, 0.15) is 10.4 Å². The highest BCUT2D eigenvalue weighted by molar-refractivity contribution is 6.30. The predicted octanol–water partition coefficient (Wildman–Crippen LogP) is 1.77. The van der Waals surface area contributed by atoms with Crippen molar-refractivity contribution in [1.29, 1.82) is 0 Å². The van der Waals surface area contributed by atoms with Crippen molar-refractivity contribution in [2.45, 2.75) is 12.0 Å². The van der Waals surface area contributed by atoms with Gasteiger partial charge in [-0.25, -0.2) is 0 Å². The minimum absolute atomic E-state index is 0.213. The molecule has 1 aromatic rings. The predicted molar refractivity (Wildman–Crippen MR) is 49.0 cm³/mol. The fraction of sp³-hybridized carbons (Fsp3) is 0.222. The van der Waals surface area contributed by atoms with E-state index >= 15 is 0 Å². The second-order valence-corrected chi connectivity index (χ2v) is 3.44. The molecule has 16 heavy (non-hydrogen) atoms. The average molecular weight is 255 g/mol. The number of alkyl halides is 3. The van der Waals surface area contributed by atoms with Gasteiger partial charge in [-0.3, -0.25) is 4.79 Å². The first-order valence-corrected chi connectivity index (χ1v) is 4.36. The van der Waals surface area contributed by atoms with E-state index in [-0.39, 0.29) is 5.02 Å². The Bertz CT molecular complexity index is 397. The Labute approximate surface area is 93.1 Å². The van der Waals surface area contributed by atoms with Gasteiger partial charge in [-0.05, 0) is 24.3 Å². The van der Waals surface area contributed by atoms with E-state index < -0.39 is 23.3 Å². The fourth-order valence-corrected chi connectivity index (χ4v) is 1.06. The molecule has 0 saturated carbocycles. The van der Waals surface area contributed by atoms with Crippen LogP contribution in [-0.4, -0.2) is 28.0 Å². The largest absolute Gasteiger partial charge is 0.451 e. The van der Waals surface area contributed by atoms with Crippen molar-refractivity contribution < 1.29 is 28.2 Å². The molecule has 0 fully saturated rings. The molecule has 1 aromatic carbocycles. The molecule has 0 heterocycles. The van der Waals surface area contributed by atoms with Gasteiger partial charge in [0.15, 0.2) is 0 Å². The second kappa shape index (κ2) is 4.04. The third kappa shape index (κ3) is 2.34. The number of carbonyl (C=O) groups is 1. The van der Waals surface area contributed by atoms with Gasteiger partial charge in [-0.15, -0.1) is 0 Å². The molecular weight excluding hydrogens is 249 g/mol. The molecule has 0 aromatic heterocycles. The Morgan fingerprint density at radius 2 is 1.56 bits per heavy atom. The van der Waals surface area contributed by atoms with Gasteiger partial charge in [-0.2, -0.15) is 13.2 Å². The number of benzene rings is 1. The minimum Gasteiger partial charge on any atom is -0.352 e. The molecule has 0 aliphatic heterocycles. The summed E-state index contributed by atoms with van der Waals surface area (Å²) in [6, 6.07) is 4.28. The van der Waals surface area contributed by atoms with Crippen LogP contribution >= 0.6 is 11.6 Å². The van der Waals surface area contributed by atoms with Crippen LogP contribution in [0.5, 0.6) is 0 Å². The van der Waals surface area contributed by atoms with E-state index in [1.807, 2.05) is 0 Å². The van der Waals surface area contributed by atoms with E-state index in [0.29, 0.717) is 0 Å². The number of hydrogen-bond acceptors (Lipinski definition) is 3. The Balaban J connectivity index is 3.07. The summed E-state index contributed by atoms with van der Waals surface area (Å²) < 4.78 is 36.3. The molecule has 0 unspecified atom stereocenters. The number of hydrogen-bond donors (Lipinski definition) is 2. The lowest BCUT2D eigenvalue weighted by atomic mass is 10.0. The lowest BCUT2D eigenvalue weighted by molar-refractivity contribution is -0.318. The Hall–Kier alpha value is -1.11. The van der Waals surface area contributed by atoms with E-state index in [1.54, 1.807) is 0 Å². The summed E-state index contributed by atoms with van der Waals surface area (Å²) in [6.07, 6.45) is -5.45. The molecule has 0 spiro atoms. The maximum atomic E-state index is 12.1. The number of halogens is 4. The van der Waals surface area contributed by atoms with E-state index in [9.17, 15) is 18.0 Å². The molecule has 0 amide bonds. The topological polar surface area (TPSA) is 57.5 Å². The van der Waals surface area contributed by atoms with Gasteiger partial charge < -0.3 is 10.2 Å². The van der Waals surface area contributed by atoms with Crippen LogP contribution in [0, 0.1) is 0 Å². The van der Waals surface area contributed by atoms with Gasteiger partial charge in [0.1, 0.15) is 0 Å². The van der Waals surface area contributed by atoms with Gasteiger partial charge >= 0.3 is 12.0 Å². The van der Waals surface area contributed by atoms with Crippen LogP contribution < -0.4 is 0 Å². The molecular formula is C9H6ClF3O3. The van der Waals surface area contributed by atoms with Crippen LogP contribution in [-0.2, 0) is 0 Å². The van der Waals surface area contributed by atoms with Crippen molar-refractivity contribution in [3.8, 4) is 0 Å². The number of rotatable bonds is 2. The van der Waals surface area contributed by atoms with Crippen molar-refractivity contribution >= 4 is 17.4 Å². The van der Waals surface area contributed by atoms with Gasteiger partial charge in [0, 0.05) is 10.6 Å². The number of ketones is 1. The first kappa shape index (κ1) is 13.0. The molecule has 0 radical (unpaired) electrons. The highest BCUT2D eigenvalue weighted by atomic mass is 35.5. The van der Waals surface area contributed by atoms with Crippen molar-refractivity contribution in [3.05, 3.63) is 34.9 Å². The average Bonchev–Trinajstić information content (AvgIpc) is 2.16. The van der Waals surface area contributed by atoms with Gasteiger partial charge in [0.05, 0.1) is 0 Å². The molecule has 0 saturated heterocycles. The summed E-state index contributed by atoms with van der Waals surface area (Å²) in [5.74, 6) is -6.24. The first-order valence-electron chi connectivity index (χ1n) is 3.98. The molecule has 1 rings (SSSR count). The summed E-state index contributed by atoms with van der Waals surface area (Å²) in [5, 5.41) is 17.6. The Morgan fingerprint density at radius 3 is 1.94 bits per heavy atom. The monoisotopic (exact) mass is 254 g/mol. The van der Waals surface area contributed by atoms with Crippen molar-refractivity contribution in [1.82, 2.24) is 0 Å². The summed E-state index contributed by atoms with van der Waals surface area (Å²) in [4.78, 5) is 11.2. The lowest BCUT2D eigenvalue weighted by Crippen LogP contribution is -2.51. The van der Waals surface area contributed by atoms with Crippen LogP contribution in [0.25, 0.3) is 0 Å². The zero-order chi connectivity index (χ0) is 12.6. The van der Waals surface area contributed by atoms with E-state index in [4.69, 9.17) is 21.8 Å². The zero-order valence-electron chi connectivity index (χ0n) is 7.62. The Kier molecular flexibility index (Phi) is 3.27. The number of carbonyl (C=O) groups excluding carboxylic acids is 1. The molecule has 88 valence electrons. The second-order valence-electron chi connectivity index (χ2n) is 3.01. The van der Waals surface area contributed by atoms with Crippen LogP contribution in [0.4, 0.5) is 13.2 Å². The van der Waals surface area contributed by atoms with Crippen LogP contribution in [0.3, 0.4) is 0 Å². The molecule has 0 aliphatic carbocycles. The smallest absolute Gasteiger partial charge is 0.352 e. The number of Topliss-reactive ketones (excluding diaryl/α,β-unsaturated/α-hetero) is 1. The van der Waals surface area contributed by atoms with Gasteiger partial charge in [0.25, 0.3) is 0 Å². The number of aliphatic hydroxyl groups is 2. The molecule has 0 atom stereocenters. The summed E-state index contributed by atoms with van der Waals surface area (Å²) in [5.41, 5.74) is -0.494. The summed E-state index contributed by atoms with van der Waals surface area (Å²) in [6.45, 7) is 0. The highest BCUT2D eigenvalue weighted by Crippen LogP contribution is 2.31. The fourth-order valence-electron chi connectivity index (χ4n) is 0.931.